The summed E-state index contributed by atoms with van der Waals surface area (Å²) in [6.45, 7) is 2.14. The highest BCUT2D eigenvalue weighted by Crippen LogP contribution is 2.33. The average molecular weight is 324 g/mol. The smallest absolute Gasteiger partial charge is 0.221 e. The van der Waals surface area contributed by atoms with Crippen LogP contribution in [-0.4, -0.2) is 20.0 Å². The maximum atomic E-state index is 11.2. The third-order valence-electron chi connectivity index (χ3n) is 2.93. The molecule has 1 heterocycles. The number of nitrogens with one attached hydrogen (secondary N) is 2. The van der Waals surface area contributed by atoms with Crippen molar-refractivity contribution in [2.75, 3.05) is 29.6 Å². The van der Waals surface area contributed by atoms with Crippen molar-refractivity contribution < 1.29 is 4.79 Å². The van der Waals surface area contributed by atoms with Gasteiger partial charge in [0.15, 0.2) is 0 Å². The van der Waals surface area contributed by atoms with E-state index in [4.69, 9.17) is 11.6 Å². The van der Waals surface area contributed by atoms with Crippen LogP contribution in [0.15, 0.2) is 29.6 Å². The molecule has 0 spiro atoms. The van der Waals surface area contributed by atoms with Crippen LogP contribution in [0.25, 0.3) is 0 Å². The topological polar surface area (TPSA) is 44.4 Å². The van der Waals surface area contributed by atoms with Crippen molar-refractivity contribution in [1.29, 1.82) is 0 Å². The van der Waals surface area contributed by atoms with Crippen molar-refractivity contribution >= 4 is 45.9 Å². The minimum Gasteiger partial charge on any atom is -0.378 e. The van der Waals surface area contributed by atoms with Crippen LogP contribution in [0.4, 0.5) is 17.1 Å². The highest BCUT2D eigenvalue weighted by atomic mass is 35.5. The molecule has 0 radical (unpaired) electrons. The molecule has 1 aromatic heterocycles. The molecule has 0 aliphatic heterocycles. The molecular formula is C15H18ClN3OS. The normalized spacial score (nSPS) is 10.3. The number of nitrogens with zero attached hydrogens (tertiary/aromatic N) is 1. The van der Waals surface area contributed by atoms with Gasteiger partial charge in [0.05, 0.1) is 28.6 Å². The number of halogens is 1. The van der Waals surface area contributed by atoms with Crippen molar-refractivity contribution in [2.45, 2.75) is 13.5 Å². The summed E-state index contributed by atoms with van der Waals surface area (Å²) in [7, 11) is 3.92. The molecule has 0 fully saturated rings. The molecule has 0 aliphatic carbocycles. The second-order valence-corrected chi connectivity index (χ2v) is 6.23. The Balaban J connectivity index is 2.16. The zero-order chi connectivity index (χ0) is 15.4. The van der Waals surface area contributed by atoms with Gasteiger partial charge in [-0.2, -0.15) is 0 Å². The van der Waals surface area contributed by atoms with E-state index in [1.54, 1.807) is 11.3 Å². The first-order valence-corrected chi connectivity index (χ1v) is 7.78. The molecule has 6 heteroatoms. The van der Waals surface area contributed by atoms with Gasteiger partial charge in [-0.3, -0.25) is 4.79 Å². The lowest BCUT2D eigenvalue weighted by molar-refractivity contribution is -0.114. The Morgan fingerprint density at radius 2 is 2.05 bits per heavy atom. The van der Waals surface area contributed by atoms with Gasteiger partial charge in [-0.25, -0.2) is 0 Å². The summed E-state index contributed by atoms with van der Waals surface area (Å²) in [6.07, 6.45) is 0. The molecule has 2 rings (SSSR count). The molecule has 0 saturated heterocycles. The van der Waals surface area contributed by atoms with Crippen LogP contribution in [0.5, 0.6) is 0 Å². The number of carbonyl (C=O) groups excluding carboxylic acids is 1. The van der Waals surface area contributed by atoms with Gasteiger partial charge in [0.25, 0.3) is 0 Å². The molecule has 21 heavy (non-hydrogen) atoms. The molecule has 2 aromatic rings. The Morgan fingerprint density at radius 3 is 2.71 bits per heavy atom. The van der Waals surface area contributed by atoms with Gasteiger partial charge >= 0.3 is 0 Å². The second kappa shape index (κ2) is 6.83. The molecule has 1 aromatic carbocycles. The first-order valence-electron chi connectivity index (χ1n) is 6.52. The minimum atomic E-state index is -0.0635. The molecule has 2 N–H and O–H groups in total. The van der Waals surface area contributed by atoms with E-state index in [2.05, 4.69) is 10.6 Å². The summed E-state index contributed by atoms with van der Waals surface area (Å²) in [5.41, 5.74) is 2.78. The largest absolute Gasteiger partial charge is 0.378 e. The predicted octanol–water partition coefficient (Wildman–Crippen LogP) is 4.04. The Morgan fingerprint density at radius 1 is 1.29 bits per heavy atom. The number of carbonyl (C=O) groups is 1. The second-order valence-electron chi connectivity index (χ2n) is 4.82. The summed E-state index contributed by atoms with van der Waals surface area (Å²) in [5.74, 6) is -0.0635. The van der Waals surface area contributed by atoms with Crippen LogP contribution in [0.2, 0.25) is 5.02 Å². The molecule has 0 unspecified atom stereocenters. The van der Waals surface area contributed by atoms with Gasteiger partial charge in [0, 0.05) is 25.9 Å². The van der Waals surface area contributed by atoms with Crippen LogP contribution in [-0.2, 0) is 11.3 Å². The lowest BCUT2D eigenvalue weighted by Gasteiger charge is -2.20. The summed E-state index contributed by atoms with van der Waals surface area (Å²) < 4.78 is 0. The minimum absolute atomic E-state index is 0.0635. The summed E-state index contributed by atoms with van der Waals surface area (Å²) >= 11 is 7.85. The maximum Gasteiger partial charge on any atom is 0.221 e. The van der Waals surface area contributed by atoms with Crippen molar-refractivity contribution in [2.24, 2.45) is 0 Å². The van der Waals surface area contributed by atoms with Crippen LogP contribution in [0.1, 0.15) is 11.8 Å². The van der Waals surface area contributed by atoms with Crippen molar-refractivity contribution in [3.05, 3.63) is 39.5 Å². The maximum absolute atomic E-state index is 11.2. The highest BCUT2D eigenvalue weighted by Gasteiger charge is 2.10. The molecule has 0 saturated carbocycles. The quantitative estimate of drug-likeness (QED) is 0.873. The Kier molecular flexibility index (Phi) is 5.09. The number of anilines is 3. The molecule has 0 aliphatic rings. The number of hydrogen-bond acceptors (Lipinski definition) is 4. The highest BCUT2D eigenvalue weighted by molar-refractivity contribution is 7.10. The van der Waals surface area contributed by atoms with E-state index in [9.17, 15) is 4.79 Å². The first kappa shape index (κ1) is 15.7. The fourth-order valence-corrected chi connectivity index (χ4v) is 3.18. The zero-order valence-corrected chi connectivity index (χ0v) is 13.8. The van der Waals surface area contributed by atoms with E-state index < -0.39 is 0 Å². The number of amides is 1. The van der Waals surface area contributed by atoms with E-state index in [1.807, 2.05) is 48.6 Å². The summed E-state index contributed by atoms with van der Waals surface area (Å²) in [5, 5.41) is 8.89. The SMILES string of the molecule is CC(=O)Nc1ccsc1CNc1cccc(Cl)c1N(C)C. The molecule has 0 bridgehead atoms. The number of thiophene rings is 1. The van der Waals surface area contributed by atoms with Crippen LogP contribution in [0.3, 0.4) is 0 Å². The van der Waals surface area contributed by atoms with Gasteiger partial charge in [-0.15, -0.1) is 11.3 Å². The summed E-state index contributed by atoms with van der Waals surface area (Å²) in [6, 6.07) is 7.69. The third kappa shape index (κ3) is 3.89. The molecular weight excluding hydrogens is 306 g/mol. The average Bonchev–Trinajstić information content (AvgIpc) is 2.82. The zero-order valence-electron chi connectivity index (χ0n) is 12.2. The summed E-state index contributed by atoms with van der Waals surface area (Å²) in [4.78, 5) is 14.2. The molecule has 1 amide bonds. The fourth-order valence-electron chi connectivity index (χ4n) is 2.07. The van der Waals surface area contributed by atoms with Gasteiger partial charge in [-0.1, -0.05) is 17.7 Å². The van der Waals surface area contributed by atoms with E-state index in [-0.39, 0.29) is 5.91 Å². The van der Waals surface area contributed by atoms with Gasteiger partial charge in [0.1, 0.15) is 0 Å². The van der Waals surface area contributed by atoms with E-state index in [0.717, 1.165) is 21.9 Å². The van der Waals surface area contributed by atoms with Crippen LogP contribution < -0.4 is 15.5 Å². The van der Waals surface area contributed by atoms with E-state index in [0.29, 0.717) is 11.6 Å². The van der Waals surface area contributed by atoms with E-state index >= 15 is 0 Å². The van der Waals surface area contributed by atoms with Crippen molar-refractivity contribution in [3.63, 3.8) is 0 Å². The molecule has 112 valence electrons. The fraction of sp³-hybridized carbons (Fsp3) is 0.267. The molecule has 4 nitrogen and oxygen atoms in total. The van der Waals surface area contributed by atoms with Crippen LogP contribution in [0, 0.1) is 0 Å². The lowest BCUT2D eigenvalue weighted by atomic mass is 10.2. The third-order valence-corrected chi connectivity index (χ3v) is 4.16. The van der Waals surface area contributed by atoms with Gasteiger partial charge in [0.2, 0.25) is 5.91 Å². The van der Waals surface area contributed by atoms with Crippen molar-refractivity contribution in [1.82, 2.24) is 0 Å². The van der Waals surface area contributed by atoms with Crippen LogP contribution >= 0.6 is 22.9 Å². The number of benzene rings is 1. The lowest BCUT2D eigenvalue weighted by Crippen LogP contribution is -2.13. The van der Waals surface area contributed by atoms with Crippen molar-refractivity contribution in [3.8, 4) is 0 Å². The standard InChI is InChI=1S/C15H18ClN3OS/c1-10(20)18-12-7-8-21-14(12)9-17-13-6-4-5-11(16)15(13)19(2)3/h4-8,17H,9H2,1-3H3,(H,18,20). The monoisotopic (exact) mass is 323 g/mol. The van der Waals surface area contributed by atoms with Gasteiger partial charge in [-0.05, 0) is 23.6 Å². The first-order chi connectivity index (χ1) is 9.99. The van der Waals surface area contributed by atoms with E-state index in [1.165, 1.54) is 6.92 Å². The molecule has 0 atom stereocenters. The predicted molar refractivity (Wildman–Crippen MR) is 91.7 cm³/mol. The van der Waals surface area contributed by atoms with Gasteiger partial charge < -0.3 is 15.5 Å². The number of rotatable bonds is 5. The Labute approximate surface area is 133 Å². The Hall–Kier alpha value is -1.72. The number of para-hydroxylation sites is 1. The Bertz CT molecular complexity index is 640. The number of hydrogen-bond donors (Lipinski definition) is 2.